The molecule has 1 amide bonds. The van der Waals surface area contributed by atoms with E-state index in [1.54, 1.807) is 0 Å². The van der Waals surface area contributed by atoms with Gasteiger partial charge in [0.2, 0.25) is 11.6 Å². The largest absolute Gasteiger partial charge is 0.446 e. The highest BCUT2D eigenvalue weighted by Gasteiger charge is 2.32. The van der Waals surface area contributed by atoms with Gasteiger partial charge in [-0.2, -0.15) is 0 Å². The minimum absolute atomic E-state index is 0.0409. The molecule has 3 aromatic rings. The molecule has 2 N–H and O–H groups in total. The molecule has 0 radical (unpaired) electrons. The molecule has 13 heteroatoms. The minimum atomic E-state index is -0.771. The smallest absolute Gasteiger partial charge is 0.444 e. The van der Waals surface area contributed by atoms with Crippen LogP contribution in [0.15, 0.2) is 36.6 Å². The van der Waals surface area contributed by atoms with Gasteiger partial charge in [0.05, 0.1) is 10.2 Å². The summed E-state index contributed by atoms with van der Waals surface area (Å²) in [6.45, 7) is 5.98. The SMILES string of the molecule is CC(C)(C)OC(=O)NC1CC(CNc2nonc2-c2noc(=O)n2-c2ccc(F)c(Br)c2)C1. The quantitative estimate of drug-likeness (QED) is 0.495. The lowest BCUT2D eigenvalue weighted by Crippen LogP contribution is -2.47. The summed E-state index contributed by atoms with van der Waals surface area (Å²) in [5, 5.41) is 17.5. The van der Waals surface area contributed by atoms with E-state index in [4.69, 9.17) is 13.9 Å². The number of nitrogens with one attached hydrogen (secondary N) is 2. The molecule has 0 bridgehead atoms. The Balaban J connectivity index is 1.40. The average Bonchev–Trinajstić information content (AvgIpc) is 3.30. The van der Waals surface area contributed by atoms with Gasteiger partial charge in [-0.15, -0.1) is 0 Å². The lowest BCUT2D eigenvalue weighted by molar-refractivity contribution is 0.0456. The normalized spacial score (nSPS) is 18.0. The Morgan fingerprint density at radius 1 is 1.30 bits per heavy atom. The molecule has 2 heterocycles. The fourth-order valence-electron chi connectivity index (χ4n) is 3.44. The monoisotopic (exact) mass is 524 g/mol. The van der Waals surface area contributed by atoms with E-state index >= 15 is 0 Å². The number of halogens is 2. The van der Waals surface area contributed by atoms with Gasteiger partial charge in [0.25, 0.3) is 0 Å². The van der Waals surface area contributed by atoms with Crippen LogP contribution in [0.5, 0.6) is 0 Å². The number of ether oxygens (including phenoxy) is 1. The van der Waals surface area contributed by atoms with E-state index in [0.717, 1.165) is 17.4 Å². The predicted octanol–water partition coefficient (Wildman–Crippen LogP) is 3.49. The maximum Gasteiger partial charge on any atom is 0.446 e. The van der Waals surface area contributed by atoms with Crippen LogP contribution in [0, 0.1) is 11.7 Å². The molecule has 2 aromatic heterocycles. The van der Waals surface area contributed by atoms with Crippen LogP contribution in [0.3, 0.4) is 0 Å². The van der Waals surface area contributed by atoms with E-state index < -0.39 is 23.3 Å². The van der Waals surface area contributed by atoms with Crippen LogP contribution in [0.25, 0.3) is 17.2 Å². The Hall–Kier alpha value is -3.22. The van der Waals surface area contributed by atoms with E-state index in [9.17, 15) is 14.0 Å². The Morgan fingerprint density at radius 2 is 2.06 bits per heavy atom. The molecule has 0 unspecified atom stereocenters. The topological polar surface area (TPSA) is 137 Å². The number of rotatable bonds is 6. The summed E-state index contributed by atoms with van der Waals surface area (Å²) in [5.74, 6) is -0.633. The second-order valence-corrected chi connectivity index (χ2v) is 9.58. The number of hydrogen-bond acceptors (Lipinski definition) is 9. The number of anilines is 1. The summed E-state index contributed by atoms with van der Waals surface area (Å²) < 4.78 is 29.8. The molecule has 1 aromatic carbocycles. The zero-order valence-electron chi connectivity index (χ0n) is 18.1. The maximum atomic E-state index is 13.6. The Bertz CT molecular complexity index is 1210. The summed E-state index contributed by atoms with van der Waals surface area (Å²) in [6, 6.07) is 4.08. The van der Waals surface area contributed by atoms with Crippen molar-refractivity contribution in [2.24, 2.45) is 5.92 Å². The molecule has 33 heavy (non-hydrogen) atoms. The Labute approximate surface area is 195 Å². The van der Waals surface area contributed by atoms with Crippen LogP contribution >= 0.6 is 15.9 Å². The standard InChI is InChI=1S/C20H22BrFN6O5/c1-20(2,3)31-18(29)24-11-6-10(7-11)9-23-16-15(25-33-26-16)17-27-32-19(30)28(17)12-4-5-14(22)13(21)8-12/h4-5,8,10-11H,6-7,9H2,1-3H3,(H,23,26)(H,24,29). The minimum Gasteiger partial charge on any atom is -0.444 e. The fraction of sp³-hybridized carbons (Fsp3) is 0.450. The molecule has 1 fully saturated rings. The van der Waals surface area contributed by atoms with Gasteiger partial charge in [-0.3, -0.25) is 4.52 Å². The zero-order valence-corrected chi connectivity index (χ0v) is 19.7. The van der Waals surface area contributed by atoms with Crippen molar-refractivity contribution in [1.29, 1.82) is 0 Å². The fourth-order valence-corrected chi connectivity index (χ4v) is 3.80. The van der Waals surface area contributed by atoms with Gasteiger partial charge in [0.1, 0.15) is 11.4 Å². The molecule has 1 saturated carbocycles. The zero-order chi connectivity index (χ0) is 23.8. The van der Waals surface area contributed by atoms with Crippen molar-refractivity contribution >= 4 is 27.8 Å². The van der Waals surface area contributed by atoms with Gasteiger partial charge in [-0.05, 0) is 84.0 Å². The lowest BCUT2D eigenvalue weighted by Gasteiger charge is -2.36. The first kappa shape index (κ1) is 23.0. The van der Waals surface area contributed by atoms with Crippen LogP contribution in [0.4, 0.5) is 15.0 Å². The van der Waals surface area contributed by atoms with Crippen LogP contribution in [-0.4, -0.2) is 44.3 Å². The number of alkyl carbamates (subject to hydrolysis) is 1. The van der Waals surface area contributed by atoms with Crippen LogP contribution in [-0.2, 0) is 4.74 Å². The average molecular weight is 525 g/mol. The molecular formula is C20H22BrFN6O5. The predicted molar refractivity (Wildman–Crippen MR) is 117 cm³/mol. The van der Waals surface area contributed by atoms with Crippen LogP contribution < -0.4 is 16.4 Å². The molecule has 1 aliphatic carbocycles. The van der Waals surface area contributed by atoms with Gasteiger partial charge in [-0.25, -0.2) is 23.2 Å². The highest BCUT2D eigenvalue weighted by Crippen LogP contribution is 2.30. The second-order valence-electron chi connectivity index (χ2n) is 8.73. The van der Waals surface area contributed by atoms with Crippen molar-refractivity contribution in [1.82, 2.24) is 25.4 Å². The highest BCUT2D eigenvalue weighted by atomic mass is 79.9. The first-order valence-electron chi connectivity index (χ1n) is 10.2. The van der Waals surface area contributed by atoms with Gasteiger partial charge in [-0.1, -0.05) is 5.16 Å². The molecule has 11 nitrogen and oxygen atoms in total. The summed E-state index contributed by atoms with van der Waals surface area (Å²) in [4.78, 5) is 24.1. The summed E-state index contributed by atoms with van der Waals surface area (Å²) in [6.07, 6.45) is 1.11. The van der Waals surface area contributed by atoms with Crippen molar-refractivity contribution in [2.45, 2.75) is 45.3 Å². The number of hydrogen-bond donors (Lipinski definition) is 2. The molecule has 0 saturated heterocycles. The number of aromatic nitrogens is 4. The van der Waals surface area contributed by atoms with Crippen molar-refractivity contribution in [3.63, 3.8) is 0 Å². The van der Waals surface area contributed by atoms with Crippen molar-refractivity contribution < 1.29 is 23.1 Å². The van der Waals surface area contributed by atoms with Crippen molar-refractivity contribution in [2.75, 3.05) is 11.9 Å². The van der Waals surface area contributed by atoms with E-state index in [2.05, 4.69) is 42.0 Å². The van der Waals surface area contributed by atoms with E-state index in [1.165, 1.54) is 18.2 Å². The summed E-state index contributed by atoms with van der Waals surface area (Å²) >= 11 is 3.10. The molecular weight excluding hydrogens is 503 g/mol. The Morgan fingerprint density at radius 3 is 2.76 bits per heavy atom. The number of amides is 1. The number of carbonyl (C=O) groups excluding carboxylic acids is 1. The molecule has 1 aliphatic rings. The van der Waals surface area contributed by atoms with E-state index in [0.29, 0.717) is 12.2 Å². The lowest BCUT2D eigenvalue weighted by atomic mass is 9.80. The number of nitrogens with zero attached hydrogens (tertiary/aromatic N) is 4. The van der Waals surface area contributed by atoms with Crippen molar-refractivity contribution in [3.8, 4) is 17.2 Å². The number of carbonyl (C=O) groups is 1. The second kappa shape index (κ2) is 8.96. The first-order chi connectivity index (χ1) is 15.6. The summed E-state index contributed by atoms with van der Waals surface area (Å²) in [7, 11) is 0. The van der Waals surface area contributed by atoms with Gasteiger partial charge in [0.15, 0.2) is 5.69 Å². The van der Waals surface area contributed by atoms with E-state index in [-0.39, 0.29) is 33.8 Å². The van der Waals surface area contributed by atoms with Crippen molar-refractivity contribution in [3.05, 3.63) is 39.0 Å². The molecule has 176 valence electrons. The molecule has 0 spiro atoms. The maximum absolute atomic E-state index is 13.6. The van der Waals surface area contributed by atoms with Gasteiger partial charge in [0, 0.05) is 12.6 Å². The third-order valence-corrected chi connectivity index (χ3v) is 5.59. The number of benzene rings is 1. The third-order valence-electron chi connectivity index (χ3n) is 4.98. The van der Waals surface area contributed by atoms with E-state index in [1.807, 2.05) is 20.8 Å². The summed E-state index contributed by atoms with van der Waals surface area (Å²) in [5.41, 5.74) is -0.0468. The molecule has 4 rings (SSSR count). The first-order valence-corrected chi connectivity index (χ1v) is 11.0. The molecule has 0 atom stereocenters. The van der Waals surface area contributed by atoms with Gasteiger partial charge >= 0.3 is 11.8 Å². The van der Waals surface area contributed by atoms with Crippen LogP contribution in [0.2, 0.25) is 0 Å². The van der Waals surface area contributed by atoms with Crippen LogP contribution in [0.1, 0.15) is 33.6 Å². The third kappa shape index (κ3) is 5.24. The van der Waals surface area contributed by atoms with Gasteiger partial charge < -0.3 is 15.4 Å². The molecule has 0 aliphatic heterocycles. The Kier molecular flexibility index (Phi) is 6.23. The highest BCUT2D eigenvalue weighted by molar-refractivity contribution is 9.10.